The predicted octanol–water partition coefficient (Wildman–Crippen LogP) is 2.83. The van der Waals surface area contributed by atoms with Gasteiger partial charge in [-0.25, -0.2) is 9.28 Å². The van der Waals surface area contributed by atoms with Gasteiger partial charge in [-0.15, -0.1) is 0 Å². The first kappa shape index (κ1) is 25.6. The van der Waals surface area contributed by atoms with Crippen LogP contribution in [0.25, 0.3) is 11.1 Å². The molecule has 1 heterocycles. The zero-order chi connectivity index (χ0) is 26.2. The van der Waals surface area contributed by atoms with E-state index in [0.717, 1.165) is 22.3 Å². The van der Waals surface area contributed by atoms with Crippen LogP contribution in [0.2, 0.25) is 5.02 Å². The lowest BCUT2D eigenvalue weighted by molar-refractivity contribution is -0.873. The number of primary amides is 1. The van der Waals surface area contributed by atoms with E-state index in [4.69, 9.17) is 17.3 Å². The van der Waals surface area contributed by atoms with Crippen molar-refractivity contribution in [1.82, 2.24) is 5.32 Å². The number of hydrogen-bond donors (Lipinski definition) is 4. The van der Waals surface area contributed by atoms with Crippen LogP contribution in [-0.2, 0) is 28.3 Å². The third-order valence-electron chi connectivity index (χ3n) is 7.82. The Morgan fingerprint density at radius 1 is 1.03 bits per heavy atom. The first-order valence-corrected chi connectivity index (χ1v) is 12.9. The summed E-state index contributed by atoms with van der Waals surface area (Å²) in [6.45, 7) is 1.40. The lowest BCUT2D eigenvalue weighted by atomic mass is 9.87. The number of carbonyl (C=O) groups is 2. The van der Waals surface area contributed by atoms with Crippen LogP contribution in [0.3, 0.4) is 0 Å². The summed E-state index contributed by atoms with van der Waals surface area (Å²) >= 11 is 6.38. The fourth-order valence-electron chi connectivity index (χ4n) is 6.14. The lowest BCUT2D eigenvalue weighted by Gasteiger charge is -2.41. The van der Waals surface area contributed by atoms with E-state index < -0.39 is 23.5 Å². The summed E-state index contributed by atoms with van der Waals surface area (Å²) in [6, 6.07) is 19.4. The Bertz CT molecular complexity index is 1310. The van der Waals surface area contributed by atoms with Crippen LogP contribution in [-0.4, -0.2) is 52.2 Å². The number of likely N-dealkylation sites (tertiary alicyclic amines) is 1. The molecule has 1 saturated heterocycles. The summed E-state index contributed by atoms with van der Waals surface area (Å²) in [4.78, 5) is 27.6. The van der Waals surface area contributed by atoms with Crippen molar-refractivity contribution in [2.24, 2.45) is 5.73 Å². The zero-order valence-corrected chi connectivity index (χ0v) is 21.2. The molecule has 1 fully saturated rings. The van der Waals surface area contributed by atoms with Crippen molar-refractivity contribution in [3.63, 3.8) is 0 Å². The maximum atomic E-state index is 14.8. The smallest absolute Gasteiger partial charge is 0.355 e. The first-order chi connectivity index (χ1) is 17.8. The van der Waals surface area contributed by atoms with Crippen molar-refractivity contribution in [3.8, 4) is 11.1 Å². The zero-order valence-electron chi connectivity index (χ0n) is 20.5. The van der Waals surface area contributed by atoms with Crippen LogP contribution in [0.4, 0.5) is 0 Å². The van der Waals surface area contributed by atoms with Crippen LogP contribution in [0.15, 0.2) is 66.7 Å². The lowest BCUT2D eigenvalue weighted by Crippen LogP contribution is -2.65. The average molecular weight is 521 g/mol. The topological polar surface area (TPSA) is 113 Å². The number of aliphatic hydroxyl groups is 2. The van der Waals surface area contributed by atoms with E-state index >= 15 is 0 Å². The molecule has 5 rings (SSSR count). The van der Waals surface area contributed by atoms with E-state index in [2.05, 4.69) is 5.32 Å². The van der Waals surface area contributed by atoms with E-state index in [1.54, 1.807) is 18.2 Å². The van der Waals surface area contributed by atoms with Gasteiger partial charge in [-0.1, -0.05) is 66.2 Å². The van der Waals surface area contributed by atoms with Crippen molar-refractivity contribution < 1.29 is 24.3 Å². The molecular weight excluding hydrogens is 490 g/mol. The molecule has 2 atom stereocenters. The van der Waals surface area contributed by atoms with Gasteiger partial charge in [0.15, 0.2) is 6.04 Å². The summed E-state index contributed by atoms with van der Waals surface area (Å²) in [5.41, 5.74) is 8.32. The Hall–Kier alpha value is -3.07. The predicted molar refractivity (Wildman–Crippen MR) is 141 cm³/mol. The molecule has 0 bridgehead atoms. The number of carbonyl (C=O) groups excluding carboxylic acids is 2. The molecule has 3 aromatic carbocycles. The second-order valence-corrected chi connectivity index (χ2v) is 10.3. The summed E-state index contributed by atoms with van der Waals surface area (Å²) in [6.07, 6.45) is 1.08. The maximum absolute atomic E-state index is 14.8. The summed E-state index contributed by atoms with van der Waals surface area (Å²) in [5, 5.41) is 25.3. The van der Waals surface area contributed by atoms with Crippen molar-refractivity contribution in [2.45, 2.75) is 37.6 Å². The molecule has 0 radical (unpaired) electrons. The molecule has 1 aliphatic heterocycles. The van der Waals surface area contributed by atoms with Crippen molar-refractivity contribution in [2.75, 3.05) is 19.7 Å². The van der Waals surface area contributed by atoms with E-state index in [9.17, 15) is 19.8 Å². The highest BCUT2D eigenvalue weighted by Gasteiger charge is 2.62. The van der Waals surface area contributed by atoms with Gasteiger partial charge in [0.2, 0.25) is 5.60 Å². The molecular formula is C29H31ClN3O4+. The Morgan fingerprint density at radius 2 is 1.68 bits per heavy atom. The van der Waals surface area contributed by atoms with Gasteiger partial charge in [-0.05, 0) is 28.8 Å². The molecule has 0 aromatic heterocycles. The van der Waals surface area contributed by atoms with Crippen LogP contribution in [0, 0.1) is 0 Å². The molecule has 7 nitrogen and oxygen atoms in total. The van der Waals surface area contributed by atoms with Crippen molar-refractivity contribution in [3.05, 3.63) is 94.0 Å². The molecule has 1 aliphatic carbocycles. The minimum Gasteiger partial charge on any atom is -0.395 e. The number of fused-ring (bicyclic) bond motifs is 3. The van der Waals surface area contributed by atoms with Gasteiger partial charge < -0.3 is 21.3 Å². The minimum absolute atomic E-state index is 0.00297. The first-order valence-electron chi connectivity index (χ1n) is 12.5. The van der Waals surface area contributed by atoms with E-state index in [1.807, 2.05) is 48.5 Å². The highest BCUT2D eigenvalue weighted by atomic mass is 35.5. The average Bonchev–Trinajstić information content (AvgIpc) is 3.44. The van der Waals surface area contributed by atoms with Crippen molar-refractivity contribution >= 4 is 23.4 Å². The number of benzene rings is 3. The van der Waals surface area contributed by atoms with Gasteiger partial charge in [0.25, 0.3) is 5.91 Å². The van der Waals surface area contributed by atoms with Crippen LogP contribution in [0.5, 0.6) is 0 Å². The van der Waals surface area contributed by atoms with Crippen molar-refractivity contribution in [1.29, 1.82) is 0 Å². The van der Waals surface area contributed by atoms with Gasteiger partial charge in [0, 0.05) is 47.6 Å². The largest absolute Gasteiger partial charge is 0.395 e. The molecule has 0 spiro atoms. The quantitative estimate of drug-likeness (QED) is 0.269. The molecule has 2 aliphatic rings. The molecule has 37 heavy (non-hydrogen) atoms. The standard InChI is InChI=1S/C29H30ClN3O4/c30-21-12-11-19(17-32-13-15-34)20(16-21)18-33(14-5-10-26(33)27(31)35)28(36)29(37)24-8-3-1-6-22(24)23-7-2-4-9-25(23)29/h1-4,6-9,11-12,16,26,32,34,37H,5,10,13-15,17-18H2,(H-,31,35)/p+1/t26-,33?/m0/s1. The normalized spacial score (nSPS) is 21.4. The Morgan fingerprint density at radius 3 is 2.30 bits per heavy atom. The van der Waals surface area contributed by atoms with Gasteiger partial charge in [0.05, 0.1) is 13.2 Å². The van der Waals surface area contributed by atoms with Crippen LogP contribution < -0.4 is 11.1 Å². The van der Waals surface area contributed by atoms with E-state index in [1.165, 1.54) is 0 Å². The van der Waals surface area contributed by atoms with Crippen LogP contribution in [0.1, 0.15) is 35.1 Å². The molecule has 2 amide bonds. The number of nitrogens with zero attached hydrogens (tertiary/aromatic N) is 1. The number of nitrogens with two attached hydrogens (primary N) is 1. The molecule has 0 saturated carbocycles. The molecule has 8 heteroatoms. The number of halogens is 1. The fourth-order valence-corrected chi connectivity index (χ4v) is 6.34. The Labute approximate surface area is 221 Å². The third-order valence-corrected chi connectivity index (χ3v) is 8.06. The van der Waals surface area contributed by atoms with E-state index in [0.29, 0.717) is 48.6 Å². The van der Waals surface area contributed by atoms with Crippen LogP contribution >= 0.6 is 11.6 Å². The number of nitrogens with one attached hydrogen (secondary N) is 1. The summed E-state index contributed by atoms with van der Waals surface area (Å²) in [7, 11) is 0. The highest BCUT2D eigenvalue weighted by Crippen LogP contribution is 2.50. The van der Waals surface area contributed by atoms with Gasteiger partial charge in [0.1, 0.15) is 6.54 Å². The number of hydrogen-bond acceptors (Lipinski definition) is 5. The van der Waals surface area contributed by atoms with E-state index in [-0.39, 0.29) is 17.6 Å². The Kier molecular flexibility index (Phi) is 6.91. The highest BCUT2D eigenvalue weighted by molar-refractivity contribution is 6.30. The fraction of sp³-hybridized carbons (Fsp3) is 0.310. The number of quaternary nitrogens is 1. The molecule has 192 valence electrons. The maximum Gasteiger partial charge on any atom is 0.355 e. The molecule has 1 unspecified atom stereocenters. The Balaban J connectivity index is 1.66. The second-order valence-electron chi connectivity index (χ2n) is 9.90. The van der Waals surface area contributed by atoms with Gasteiger partial charge in [-0.2, -0.15) is 0 Å². The van der Waals surface area contributed by atoms with Gasteiger partial charge >= 0.3 is 5.91 Å². The molecule has 5 N–H and O–H groups in total. The summed E-state index contributed by atoms with van der Waals surface area (Å²) in [5.74, 6) is -1.02. The molecule has 3 aromatic rings. The number of aliphatic hydroxyl groups excluding tert-OH is 1. The minimum atomic E-state index is -1.93. The third kappa shape index (κ3) is 4.17. The number of rotatable bonds is 8. The SMILES string of the molecule is NC(=O)[C@@H]1CCC[N+]1(Cc1cc(Cl)ccc1CNCCO)C(=O)C1(O)c2ccccc2-c2ccccc21. The second kappa shape index (κ2) is 10.0. The van der Waals surface area contributed by atoms with Gasteiger partial charge in [-0.3, -0.25) is 4.79 Å². The monoisotopic (exact) mass is 520 g/mol. The summed E-state index contributed by atoms with van der Waals surface area (Å²) < 4.78 is -0.290. The number of amides is 2.